The Morgan fingerprint density at radius 2 is 1.96 bits per heavy atom. The fourth-order valence-electron chi connectivity index (χ4n) is 3.11. The monoisotopic (exact) mass is 363 g/mol. The standard InChI is InChI=1S/C18H18BN5OS/c19-14-4-5-15-16(8-14)26-17(22-15)24(11-13-9-20-12-21-10-13)18(25)23-6-2-1-3-7-23/h4-5,8-10,12H,1-3,6-7,11H2. The number of piperidine rings is 1. The smallest absolute Gasteiger partial charge is 0.324 e. The predicted octanol–water partition coefficient (Wildman–Crippen LogP) is 2.49. The Labute approximate surface area is 157 Å². The van der Waals surface area contributed by atoms with Gasteiger partial charge in [-0.3, -0.25) is 4.90 Å². The third-order valence-electron chi connectivity index (χ3n) is 4.44. The molecule has 3 heterocycles. The van der Waals surface area contributed by atoms with Gasteiger partial charge in [0.2, 0.25) is 0 Å². The highest BCUT2D eigenvalue weighted by atomic mass is 32.1. The molecule has 2 amide bonds. The lowest BCUT2D eigenvalue weighted by atomic mass is 9.97. The maximum atomic E-state index is 13.2. The van der Waals surface area contributed by atoms with Crippen LogP contribution in [0.3, 0.4) is 0 Å². The summed E-state index contributed by atoms with van der Waals surface area (Å²) in [5, 5.41) is 0.671. The van der Waals surface area contributed by atoms with Gasteiger partial charge in [0.15, 0.2) is 5.13 Å². The zero-order valence-electron chi connectivity index (χ0n) is 14.3. The Bertz CT molecular complexity index is 910. The van der Waals surface area contributed by atoms with Crippen LogP contribution in [0.2, 0.25) is 0 Å². The molecule has 130 valence electrons. The van der Waals surface area contributed by atoms with Crippen LogP contribution in [0.1, 0.15) is 24.8 Å². The third kappa shape index (κ3) is 3.55. The minimum Gasteiger partial charge on any atom is -0.324 e. The molecule has 26 heavy (non-hydrogen) atoms. The number of nitrogens with zero attached hydrogens (tertiary/aromatic N) is 5. The predicted molar refractivity (Wildman–Crippen MR) is 104 cm³/mol. The number of likely N-dealkylation sites (tertiary alicyclic amines) is 1. The number of fused-ring (bicyclic) bond motifs is 1. The zero-order chi connectivity index (χ0) is 17.9. The Hall–Kier alpha value is -2.48. The quantitative estimate of drug-likeness (QED) is 0.671. The van der Waals surface area contributed by atoms with Gasteiger partial charge in [-0.2, -0.15) is 0 Å². The van der Waals surface area contributed by atoms with E-state index in [9.17, 15) is 4.79 Å². The maximum absolute atomic E-state index is 13.2. The first-order chi connectivity index (χ1) is 12.7. The molecule has 2 aromatic heterocycles. The number of aromatic nitrogens is 3. The first-order valence-electron chi connectivity index (χ1n) is 8.67. The Morgan fingerprint density at radius 1 is 1.19 bits per heavy atom. The Morgan fingerprint density at radius 3 is 2.73 bits per heavy atom. The van der Waals surface area contributed by atoms with E-state index in [1.165, 1.54) is 24.1 Å². The van der Waals surface area contributed by atoms with Crippen molar-refractivity contribution in [1.29, 1.82) is 0 Å². The highest BCUT2D eigenvalue weighted by Crippen LogP contribution is 2.30. The second kappa shape index (κ2) is 7.41. The molecule has 1 aromatic carbocycles. The summed E-state index contributed by atoms with van der Waals surface area (Å²) >= 11 is 1.48. The van der Waals surface area contributed by atoms with Crippen LogP contribution in [0, 0.1) is 0 Å². The number of anilines is 1. The summed E-state index contributed by atoms with van der Waals surface area (Å²) in [7, 11) is 5.88. The molecule has 1 aliphatic rings. The van der Waals surface area contributed by atoms with Gasteiger partial charge in [0, 0.05) is 31.0 Å². The summed E-state index contributed by atoms with van der Waals surface area (Å²) in [6.07, 6.45) is 8.22. The fourth-order valence-corrected chi connectivity index (χ4v) is 4.12. The van der Waals surface area contributed by atoms with Crippen molar-refractivity contribution in [1.82, 2.24) is 19.9 Å². The number of hydrogen-bond acceptors (Lipinski definition) is 5. The average molecular weight is 363 g/mol. The van der Waals surface area contributed by atoms with Crippen LogP contribution < -0.4 is 10.4 Å². The topological polar surface area (TPSA) is 62.2 Å². The normalized spacial score (nSPS) is 14.5. The number of benzene rings is 1. The molecule has 1 fully saturated rings. The van der Waals surface area contributed by atoms with Gasteiger partial charge in [-0.25, -0.2) is 19.7 Å². The molecule has 0 atom stereocenters. The van der Waals surface area contributed by atoms with E-state index >= 15 is 0 Å². The highest BCUT2D eigenvalue weighted by Gasteiger charge is 2.26. The van der Waals surface area contributed by atoms with Crippen molar-refractivity contribution in [3.05, 3.63) is 42.5 Å². The summed E-state index contributed by atoms with van der Waals surface area (Å²) < 4.78 is 0.973. The maximum Gasteiger partial charge on any atom is 0.326 e. The van der Waals surface area contributed by atoms with Gasteiger partial charge >= 0.3 is 6.03 Å². The van der Waals surface area contributed by atoms with Gasteiger partial charge in [0.05, 0.1) is 16.8 Å². The van der Waals surface area contributed by atoms with Crippen LogP contribution in [0.15, 0.2) is 36.9 Å². The van der Waals surface area contributed by atoms with E-state index in [0.717, 1.165) is 41.7 Å². The van der Waals surface area contributed by atoms with E-state index in [1.807, 2.05) is 23.1 Å². The van der Waals surface area contributed by atoms with Crippen LogP contribution in [0.4, 0.5) is 9.93 Å². The first-order valence-corrected chi connectivity index (χ1v) is 9.49. The van der Waals surface area contributed by atoms with Gasteiger partial charge in [-0.15, -0.1) is 0 Å². The van der Waals surface area contributed by atoms with Crippen molar-refractivity contribution in [3.8, 4) is 0 Å². The van der Waals surface area contributed by atoms with Crippen molar-refractivity contribution >= 4 is 46.0 Å². The van der Waals surface area contributed by atoms with Crippen molar-refractivity contribution in [2.24, 2.45) is 0 Å². The van der Waals surface area contributed by atoms with E-state index in [0.29, 0.717) is 17.1 Å². The minimum absolute atomic E-state index is 0.0134. The minimum atomic E-state index is -0.0134. The van der Waals surface area contributed by atoms with E-state index < -0.39 is 0 Å². The Kier molecular flexibility index (Phi) is 4.84. The number of urea groups is 1. The fraction of sp³-hybridized carbons (Fsp3) is 0.333. The largest absolute Gasteiger partial charge is 0.326 e. The first kappa shape index (κ1) is 17.0. The van der Waals surface area contributed by atoms with Crippen molar-refractivity contribution in [2.75, 3.05) is 18.0 Å². The van der Waals surface area contributed by atoms with Gasteiger partial charge in [-0.1, -0.05) is 22.9 Å². The van der Waals surface area contributed by atoms with Crippen molar-refractivity contribution < 1.29 is 4.79 Å². The molecule has 0 spiro atoms. The van der Waals surface area contributed by atoms with Gasteiger partial charge in [0.25, 0.3) is 0 Å². The van der Waals surface area contributed by atoms with Gasteiger partial charge in [0.1, 0.15) is 14.2 Å². The summed E-state index contributed by atoms with van der Waals surface area (Å²) in [6.45, 7) is 1.97. The third-order valence-corrected chi connectivity index (χ3v) is 5.49. The molecule has 2 radical (unpaired) electrons. The molecule has 0 saturated carbocycles. The number of thiazole rings is 1. The lowest BCUT2D eigenvalue weighted by molar-refractivity contribution is 0.192. The molecule has 0 unspecified atom stereocenters. The summed E-state index contributed by atoms with van der Waals surface area (Å²) in [5.41, 5.74) is 2.41. The van der Waals surface area contributed by atoms with Gasteiger partial charge in [-0.05, 0) is 31.4 Å². The number of hydrogen-bond donors (Lipinski definition) is 0. The SMILES string of the molecule is [B]c1ccc2nc(N(Cc3cncnc3)C(=O)N3CCCCC3)sc2c1. The molecule has 8 heteroatoms. The van der Waals surface area contributed by atoms with Crippen molar-refractivity contribution in [2.45, 2.75) is 25.8 Å². The molecule has 4 rings (SSSR count). The molecule has 1 aliphatic heterocycles. The van der Waals surface area contributed by atoms with Crippen LogP contribution in [-0.2, 0) is 6.54 Å². The number of amides is 2. The molecule has 1 saturated heterocycles. The summed E-state index contributed by atoms with van der Waals surface area (Å²) in [4.78, 5) is 29.6. The molecular weight excluding hydrogens is 345 g/mol. The van der Waals surface area contributed by atoms with Crippen molar-refractivity contribution in [3.63, 3.8) is 0 Å². The second-order valence-corrected chi connectivity index (χ2v) is 7.40. The second-order valence-electron chi connectivity index (χ2n) is 6.39. The molecular formula is C18H18BN5OS. The molecule has 0 N–H and O–H groups in total. The van der Waals surface area contributed by atoms with E-state index in [1.54, 1.807) is 17.3 Å². The van der Waals surface area contributed by atoms with Crippen LogP contribution in [0.25, 0.3) is 10.2 Å². The lowest BCUT2D eigenvalue weighted by Gasteiger charge is -2.31. The van der Waals surface area contributed by atoms with Gasteiger partial charge < -0.3 is 4.90 Å². The zero-order valence-corrected chi connectivity index (χ0v) is 15.2. The Balaban J connectivity index is 1.69. The van der Waals surface area contributed by atoms with E-state index in [-0.39, 0.29) is 6.03 Å². The molecule has 6 nitrogen and oxygen atoms in total. The molecule has 0 aliphatic carbocycles. The summed E-state index contributed by atoms with van der Waals surface area (Å²) in [6, 6.07) is 5.60. The van der Waals surface area contributed by atoms with Crippen LogP contribution in [0.5, 0.6) is 0 Å². The number of carbonyl (C=O) groups is 1. The molecule has 3 aromatic rings. The number of carbonyl (C=O) groups excluding carboxylic acids is 1. The van der Waals surface area contributed by atoms with Crippen LogP contribution >= 0.6 is 11.3 Å². The molecule has 0 bridgehead atoms. The van der Waals surface area contributed by atoms with E-state index in [2.05, 4.69) is 15.0 Å². The van der Waals surface area contributed by atoms with E-state index in [4.69, 9.17) is 7.85 Å². The number of rotatable bonds is 3. The average Bonchev–Trinajstić information content (AvgIpc) is 3.10. The highest BCUT2D eigenvalue weighted by molar-refractivity contribution is 7.22. The van der Waals surface area contributed by atoms with Crippen LogP contribution in [-0.4, -0.2) is 46.8 Å². The lowest BCUT2D eigenvalue weighted by Crippen LogP contribution is -2.45. The summed E-state index contributed by atoms with van der Waals surface area (Å²) in [5.74, 6) is 0.